The highest BCUT2D eigenvalue weighted by Gasteiger charge is 2.12. The minimum atomic E-state index is -1.02. The monoisotopic (exact) mass is 274 g/mol. The van der Waals surface area contributed by atoms with Crippen LogP contribution in [-0.4, -0.2) is 27.3 Å². The number of hydrogen-bond acceptors (Lipinski definition) is 3. The number of H-pyrrole nitrogens is 1. The number of anilines is 2. The van der Waals surface area contributed by atoms with Gasteiger partial charge in [-0.1, -0.05) is 0 Å². The first kappa shape index (κ1) is 13.6. The summed E-state index contributed by atoms with van der Waals surface area (Å²) >= 11 is 0. The van der Waals surface area contributed by atoms with Crippen LogP contribution in [0.25, 0.3) is 0 Å². The summed E-state index contributed by atoms with van der Waals surface area (Å²) in [5.41, 5.74) is 2.58. The molecule has 0 aliphatic carbocycles. The molecule has 2 aromatic rings. The van der Waals surface area contributed by atoms with Crippen molar-refractivity contribution in [2.75, 3.05) is 10.6 Å². The molecule has 0 fully saturated rings. The Kier molecular flexibility index (Phi) is 3.69. The van der Waals surface area contributed by atoms with Crippen LogP contribution >= 0.6 is 0 Å². The lowest BCUT2D eigenvalue weighted by Gasteiger charge is -2.11. The lowest BCUT2D eigenvalue weighted by Crippen LogP contribution is -2.19. The second-order valence-corrected chi connectivity index (χ2v) is 4.34. The van der Waals surface area contributed by atoms with Gasteiger partial charge in [-0.3, -0.25) is 5.10 Å². The van der Waals surface area contributed by atoms with Gasteiger partial charge >= 0.3 is 12.0 Å². The molecular formula is C13H14N4O3. The predicted octanol–water partition coefficient (Wildman–Crippen LogP) is 2.37. The minimum absolute atomic E-state index is 0.170. The number of carbonyl (C=O) groups excluding carboxylic acids is 1. The zero-order valence-corrected chi connectivity index (χ0v) is 11.0. The highest BCUT2D eigenvalue weighted by atomic mass is 16.4. The van der Waals surface area contributed by atoms with Crippen molar-refractivity contribution in [2.45, 2.75) is 13.8 Å². The van der Waals surface area contributed by atoms with Crippen molar-refractivity contribution < 1.29 is 14.7 Å². The van der Waals surface area contributed by atoms with E-state index in [4.69, 9.17) is 5.11 Å². The van der Waals surface area contributed by atoms with Crippen molar-refractivity contribution in [1.29, 1.82) is 0 Å². The van der Waals surface area contributed by atoms with Gasteiger partial charge in [0.05, 0.1) is 17.4 Å². The van der Waals surface area contributed by atoms with Crippen LogP contribution in [0.15, 0.2) is 24.5 Å². The Morgan fingerprint density at radius 1 is 1.20 bits per heavy atom. The molecule has 1 heterocycles. The first-order valence-electron chi connectivity index (χ1n) is 5.88. The van der Waals surface area contributed by atoms with Gasteiger partial charge in [-0.2, -0.15) is 5.10 Å². The topological polar surface area (TPSA) is 107 Å². The Hall–Kier alpha value is -2.83. The molecule has 0 atom stereocenters. The molecule has 104 valence electrons. The Morgan fingerprint density at radius 3 is 2.50 bits per heavy atom. The quantitative estimate of drug-likeness (QED) is 0.689. The molecule has 0 bridgehead atoms. The number of aromatic nitrogens is 2. The molecule has 0 radical (unpaired) electrons. The number of aromatic amines is 1. The lowest BCUT2D eigenvalue weighted by molar-refractivity contribution is 0.0696. The molecule has 0 spiro atoms. The largest absolute Gasteiger partial charge is 0.478 e. The number of aromatic carboxylic acids is 1. The first-order valence-corrected chi connectivity index (χ1v) is 5.88. The van der Waals surface area contributed by atoms with Crippen molar-refractivity contribution in [3.8, 4) is 0 Å². The first-order chi connectivity index (χ1) is 9.47. The summed E-state index contributed by atoms with van der Waals surface area (Å²) in [6.45, 7) is 3.52. The highest BCUT2D eigenvalue weighted by molar-refractivity contribution is 6.00. The van der Waals surface area contributed by atoms with E-state index in [1.165, 1.54) is 18.5 Å². The van der Waals surface area contributed by atoms with Crippen molar-refractivity contribution in [3.63, 3.8) is 0 Å². The zero-order chi connectivity index (χ0) is 14.7. The summed E-state index contributed by atoms with van der Waals surface area (Å²) < 4.78 is 0. The molecule has 0 aliphatic rings. The van der Waals surface area contributed by atoms with Crippen LogP contribution in [0.1, 0.15) is 21.5 Å². The number of carbonyl (C=O) groups is 2. The normalized spacial score (nSPS) is 10.1. The van der Waals surface area contributed by atoms with Crippen LogP contribution in [0.2, 0.25) is 0 Å². The number of aryl methyl sites for hydroxylation is 1. The minimum Gasteiger partial charge on any atom is -0.478 e. The molecule has 1 aromatic carbocycles. The maximum atomic E-state index is 11.7. The number of benzene rings is 1. The average Bonchev–Trinajstić information content (AvgIpc) is 2.85. The Labute approximate surface area is 115 Å². The van der Waals surface area contributed by atoms with Crippen molar-refractivity contribution in [3.05, 3.63) is 41.2 Å². The number of rotatable bonds is 3. The second-order valence-electron chi connectivity index (χ2n) is 4.34. The van der Waals surface area contributed by atoms with E-state index in [0.29, 0.717) is 16.9 Å². The fraction of sp³-hybridized carbons (Fsp3) is 0.154. The maximum Gasteiger partial charge on any atom is 0.336 e. The lowest BCUT2D eigenvalue weighted by atomic mass is 10.0. The number of amides is 2. The van der Waals surface area contributed by atoms with Gasteiger partial charge in [0.25, 0.3) is 0 Å². The van der Waals surface area contributed by atoms with Gasteiger partial charge in [-0.05, 0) is 37.1 Å². The predicted molar refractivity (Wildman–Crippen MR) is 74.1 cm³/mol. The number of nitrogens with zero attached hydrogens (tertiary/aromatic N) is 1. The molecule has 7 nitrogen and oxygen atoms in total. The van der Waals surface area contributed by atoms with E-state index in [9.17, 15) is 9.59 Å². The Balaban J connectivity index is 2.17. The van der Waals surface area contributed by atoms with Crippen LogP contribution in [0.4, 0.5) is 16.2 Å². The summed E-state index contributed by atoms with van der Waals surface area (Å²) in [5.74, 6) is -1.02. The van der Waals surface area contributed by atoms with Crippen LogP contribution in [0.5, 0.6) is 0 Å². The van der Waals surface area contributed by atoms with Crippen molar-refractivity contribution >= 4 is 23.4 Å². The van der Waals surface area contributed by atoms with Crippen LogP contribution in [0.3, 0.4) is 0 Å². The number of hydrogen-bond donors (Lipinski definition) is 4. The number of nitrogens with one attached hydrogen (secondary N) is 3. The molecular weight excluding hydrogens is 260 g/mol. The molecule has 20 heavy (non-hydrogen) atoms. The molecule has 4 N–H and O–H groups in total. The van der Waals surface area contributed by atoms with Crippen molar-refractivity contribution in [2.24, 2.45) is 0 Å². The van der Waals surface area contributed by atoms with E-state index in [1.807, 2.05) is 0 Å². The summed E-state index contributed by atoms with van der Waals surface area (Å²) in [6, 6.07) is 2.68. The standard InChI is InChI=1S/C13H14N4O3/c1-7-3-9(4-11(8(7)2)12(18)19)16-13(20)17-10-5-14-15-6-10/h3-6H,1-2H3,(H,14,15)(H,18,19)(H2,16,17,20). The SMILES string of the molecule is Cc1cc(NC(=O)Nc2cn[nH]c2)cc(C(=O)O)c1C. The maximum absolute atomic E-state index is 11.7. The molecule has 0 unspecified atom stereocenters. The van der Waals surface area contributed by atoms with Gasteiger partial charge in [0.1, 0.15) is 0 Å². The molecule has 1 aromatic heterocycles. The molecule has 2 amide bonds. The number of carboxylic acid groups (broad SMARTS) is 1. The highest BCUT2D eigenvalue weighted by Crippen LogP contribution is 2.20. The molecule has 7 heteroatoms. The third-order valence-corrected chi connectivity index (χ3v) is 2.91. The molecule has 2 rings (SSSR count). The summed E-state index contributed by atoms with van der Waals surface area (Å²) in [6.07, 6.45) is 2.99. The molecule has 0 aliphatic heterocycles. The summed E-state index contributed by atoms with van der Waals surface area (Å²) in [4.78, 5) is 22.9. The van der Waals surface area contributed by atoms with Gasteiger partial charge in [-0.15, -0.1) is 0 Å². The summed E-state index contributed by atoms with van der Waals surface area (Å²) in [5, 5.41) is 20.5. The third-order valence-electron chi connectivity index (χ3n) is 2.91. The van der Waals surface area contributed by atoms with Crippen LogP contribution in [-0.2, 0) is 0 Å². The van der Waals surface area contributed by atoms with E-state index < -0.39 is 12.0 Å². The number of urea groups is 1. The number of carboxylic acids is 1. The smallest absolute Gasteiger partial charge is 0.336 e. The van der Waals surface area contributed by atoms with Gasteiger partial charge in [-0.25, -0.2) is 9.59 Å². The van der Waals surface area contributed by atoms with Crippen LogP contribution in [0, 0.1) is 13.8 Å². The fourth-order valence-electron chi connectivity index (χ4n) is 1.77. The Bertz CT molecular complexity index is 650. The van der Waals surface area contributed by atoms with Gasteiger partial charge in [0, 0.05) is 11.9 Å². The third kappa shape index (κ3) is 2.94. The van der Waals surface area contributed by atoms with E-state index in [-0.39, 0.29) is 5.56 Å². The second kappa shape index (κ2) is 5.43. The molecule has 0 saturated heterocycles. The van der Waals surface area contributed by atoms with E-state index in [2.05, 4.69) is 20.8 Å². The zero-order valence-electron chi connectivity index (χ0n) is 11.0. The van der Waals surface area contributed by atoms with Gasteiger partial charge in [0.15, 0.2) is 0 Å². The summed E-state index contributed by atoms with van der Waals surface area (Å²) in [7, 11) is 0. The fourth-order valence-corrected chi connectivity index (χ4v) is 1.77. The van der Waals surface area contributed by atoms with Crippen LogP contribution < -0.4 is 10.6 Å². The average molecular weight is 274 g/mol. The van der Waals surface area contributed by atoms with Crippen molar-refractivity contribution in [1.82, 2.24) is 10.2 Å². The molecule has 0 saturated carbocycles. The van der Waals surface area contributed by atoms with Gasteiger partial charge in [0.2, 0.25) is 0 Å². The van der Waals surface area contributed by atoms with E-state index in [1.54, 1.807) is 19.9 Å². The van der Waals surface area contributed by atoms with E-state index in [0.717, 1.165) is 5.56 Å². The van der Waals surface area contributed by atoms with Gasteiger partial charge < -0.3 is 15.7 Å². The Morgan fingerprint density at radius 2 is 1.90 bits per heavy atom. The van der Waals surface area contributed by atoms with E-state index >= 15 is 0 Å².